The average molecular weight is 353 g/mol. The highest BCUT2D eigenvalue weighted by molar-refractivity contribution is 6.68. The topological polar surface area (TPSA) is 111 Å². The number of hydrogen-bond acceptors (Lipinski definition) is 6. The van der Waals surface area contributed by atoms with Gasteiger partial charge in [-0.15, -0.1) is 0 Å². The van der Waals surface area contributed by atoms with Crippen LogP contribution in [0.4, 0.5) is 0 Å². The second kappa shape index (κ2) is 9.12. The second-order valence-corrected chi connectivity index (χ2v) is 5.37. The summed E-state index contributed by atoms with van der Waals surface area (Å²) in [6.45, 7) is 0.313. The van der Waals surface area contributed by atoms with Crippen molar-refractivity contribution in [2.75, 3.05) is 13.7 Å². The molecule has 3 N–H and O–H groups in total. The monoisotopic (exact) mass is 353 g/mol. The molecule has 0 aromatic heterocycles. The number of nitrogens with two attached hydrogens (primary N) is 1. The van der Waals surface area contributed by atoms with Crippen LogP contribution in [-0.4, -0.2) is 37.0 Å². The summed E-state index contributed by atoms with van der Waals surface area (Å²) in [6.07, 6.45) is 0.600. The molecule has 7 heteroatoms. The molecule has 0 heterocycles. The van der Waals surface area contributed by atoms with E-state index in [1.807, 2.05) is 30.3 Å². The minimum absolute atomic E-state index is 0.182. The summed E-state index contributed by atoms with van der Waals surface area (Å²) in [4.78, 5) is 35.8. The number of Topliss-reactive ketones (excluding diaryl/α,β-unsaturated/α-hetero) is 1. The van der Waals surface area contributed by atoms with E-state index in [4.69, 9.17) is 5.84 Å². The summed E-state index contributed by atoms with van der Waals surface area (Å²) in [5, 5.41) is 5.99. The SMILES string of the molecule is COC(=O)c1ccc(C(=NN)C(=O)C(=O)NCCc2ccccc2)cc1. The van der Waals surface area contributed by atoms with Gasteiger partial charge < -0.3 is 15.9 Å². The first-order chi connectivity index (χ1) is 12.6. The van der Waals surface area contributed by atoms with E-state index in [2.05, 4.69) is 15.2 Å². The van der Waals surface area contributed by atoms with E-state index < -0.39 is 17.7 Å². The Morgan fingerprint density at radius 1 is 1.00 bits per heavy atom. The number of nitrogens with zero attached hydrogens (tertiary/aromatic N) is 1. The molecule has 7 nitrogen and oxygen atoms in total. The van der Waals surface area contributed by atoms with E-state index in [-0.39, 0.29) is 5.71 Å². The van der Waals surface area contributed by atoms with Crippen LogP contribution in [0.3, 0.4) is 0 Å². The van der Waals surface area contributed by atoms with Crippen molar-refractivity contribution in [1.29, 1.82) is 0 Å². The molecule has 0 aliphatic carbocycles. The van der Waals surface area contributed by atoms with E-state index >= 15 is 0 Å². The summed E-state index contributed by atoms with van der Waals surface area (Å²) < 4.78 is 4.60. The summed E-state index contributed by atoms with van der Waals surface area (Å²) in [6, 6.07) is 15.5. The van der Waals surface area contributed by atoms with Crippen LogP contribution in [0.2, 0.25) is 0 Å². The highest BCUT2D eigenvalue weighted by Gasteiger charge is 2.22. The van der Waals surface area contributed by atoms with Gasteiger partial charge in [-0.05, 0) is 24.1 Å². The minimum Gasteiger partial charge on any atom is -0.465 e. The Balaban J connectivity index is 1.99. The largest absolute Gasteiger partial charge is 0.465 e. The number of carbonyl (C=O) groups is 3. The van der Waals surface area contributed by atoms with Crippen molar-refractivity contribution in [3.05, 3.63) is 71.3 Å². The van der Waals surface area contributed by atoms with E-state index in [0.717, 1.165) is 5.56 Å². The first kappa shape index (κ1) is 18.9. The quantitative estimate of drug-likeness (QED) is 0.254. The number of methoxy groups -OCH3 is 1. The van der Waals surface area contributed by atoms with Gasteiger partial charge >= 0.3 is 5.97 Å². The van der Waals surface area contributed by atoms with Gasteiger partial charge in [0.2, 0.25) is 0 Å². The van der Waals surface area contributed by atoms with E-state index in [9.17, 15) is 14.4 Å². The number of hydrogen-bond donors (Lipinski definition) is 2. The number of ether oxygens (including phenoxy) is 1. The molecule has 134 valence electrons. The van der Waals surface area contributed by atoms with Crippen LogP contribution in [0.5, 0.6) is 0 Å². The molecule has 0 saturated carbocycles. The van der Waals surface area contributed by atoms with Gasteiger partial charge in [0, 0.05) is 12.1 Å². The number of nitrogens with one attached hydrogen (secondary N) is 1. The molecule has 0 saturated heterocycles. The zero-order valence-electron chi connectivity index (χ0n) is 14.3. The first-order valence-corrected chi connectivity index (χ1v) is 7.90. The lowest BCUT2D eigenvalue weighted by molar-refractivity contribution is -0.134. The smallest absolute Gasteiger partial charge is 0.337 e. The fourth-order valence-corrected chi connectivity index (χ4v) is 2.30. The molecule has 1 amide bonds. The van der Waals surface area contributed by atoms with Gasteiger partial charge in [-0.25, -0.2) is 4.79 Å². The molecule has 0 fully saturated rings. The van der Waals surface area contributed by atoms with Crippen LogP contribution in [-0.2, 0) is 20.7 Å². The first-order valence-electron chi connectivity index (χ1n) is 7.90. The van der Waals surface area contributed by atoms with Gasteiger partial charge in [0.1, 0.15) is 5.71 Å². The van der Waals surface area contributed by atoms with Crippen LogP contribution in [0.25, 0.3) is 0 Å². The third-order valence-corrected chi connectivity index (χ3v) is 3.67. The molecule has 0 atom stereocenters. The van der Waals surface area contributed by atoms with Gasteiger partial charge in [0.25, 0.3) is 11.7 Å². The zero-order chi connectivity index (χ0) is 18.9. The van der Waals surface area contributed by atoms with Gasteiger partial charge in [0.15, 0.2) is 0 Å². The Labute approximate surface area is 150 Å². The van der Waals surface area contributed by atoms with Crippen molar-refractivity contribution in [2.45, 2.75) is 6.42 Å². The highest BCUT2D eigenvalue weighted by Crippen LogP contribution is 2.08. The molecule has 0 bridgehead atoms. The van der Waals surface area contributed by atoms with Crippen molar-refractivity contribution < 1.29 is 19.1 Å². The Kier molecular flexibility index (Phi) is 6.61. The normalized spacial score (nSPS) is 10.9. The molecule has 0 spiro atoms. The van der Waals surface area contributed by atoms with Gasteiger partial charge in [-0.1, -0.05) is 42.5 Å². The van der Waals surface area contributed by atoms with Crippen LogP contribution in [0, 0.1) is 0 Å². The maximum Gasteiger partial charge on any atom is 0.337 e. The molecule has 0 unspecified atom stereocenters. The van der Waals surface area contributed by atoms with Crippen LogP contribution in [0.1, 0.15) is 21.5 Å². The molecular formula is C19H19N3O4. The second-order valence-electron chi connectivity index (χ2n) is 5.37. The van der Waals surface area contributed by atoms with Gasteiger partial charge in [-0.3, -0.25) is 9.59 Å². The number of carbonyl (C=O) groups excluding carboxylic acids is 3. The van der Waals surface area contributed by atoms with E-state index in [1.165, 1.54) is 31.4 Å². The summed E-state index contributed by atoms with van der Waals surface area (Å²) in [7, 11) is 1.27. The number of amides is 1. The number of rotatable bonds is 7. The molecule has 0 radical (unpaired) electrons. The number of hydrazone groups is 1. The van der Waals surface area contributed by atoms with E-state index in [1.54, 1.807) is 0 Å². The highest BCUT2D eigenvalue weighted by atomic mass is 16.5. The van der Waals surface area contributed by atoms with Crippen molar-refractivity contribution in [3.63, 3.8) is 0 Å². The number of esters is 1. The number of ketones is 1. The van der Waals surface area contributed by atoms with E-state index in [0.29, 0.717) is 24.1 Å². The van der Waals surface area contributed by atoms with Crippen LogP contribution in [0.15, 0.2) is 59.7 Å². The molecule has 0 aliphatic heterocycles. The molecular weight excluding hydrogens is 334 g/mol. The molecule has 2 aromatic rings. The third-order valence-electron chi connectivity index (χ3n) is 3.67. The fourth-order valence-electron chi connectivity index (χ4n) is 2.30. The standard InChI is InChI=1S/C19H19N3O4/c1-26-19(25)15-9-7-14(8-10-15)16(22-20)17(23)18(24)21-12-11-13-5-3-2-4-6-13/h2-10H,11-12,20H2,1H3,(H,21,24). The Morgan fingerprint density at radius 3 is 2.19 bits per heavy atom. The maximum atomic E-state index is 12.3. The number of benzene rings is 2. The average Bonchev–Trinajstić information content (AvgIpc) is 2.69. The molecule has 0 aliphatic rings. The van der Waals surface area contributed by atoms with Crippen molar-refractivity contribution >= 4 is 23.4 Å². The lowest BCUT2D eigenvalue weighted by Gasteiger charge is -2.07. The molecule has 2 rings (SSSR count). The summed E-state index contributed by atoms with van der Waals surface area (Å²) in [5.41, 5.74) is 1.51. The Bertz CT molecular complexity index is 814. The summed E-state index contributed by atoms with van der Waals surface area (Å²) in [5.74, 6) is 3.15. The summed E-state index contributed by atoms with van der Waals surface area (Å²) >= 11 is 0. The Morgan fingerprint density at radius 2 is 1.62 bits per heavy atom. The minimum atomic E-state index is -0.841. The van der Waals surface area contributed by atoms with Crippen molar-refractivity contribution in [3.8, 4) is 0 Å². The lowest BCUT2D eigenvalue weighted by Crippen LogP contribution is -2.37. The molecule has 2 aromatic carbocycles. The molecule has 26 heavy (non-hydrogen) atoms. The fraction of sp³-hybridized carbons (Fsp3) is 0.158. The predicted octanol–water partition coefficient (Wildman–Crippen LogP) is 1.06. The van der Waals surface area contributed by atoms with Crippen LogP contribution >= 0.6 is 0 Å². The third kappa shape index (κ3) is 4.76. The predicted molar refractivity (Wildman–Crippen MR) is 96.7 cm³/mol. The lowest BCUT2D eigenvalue weighted by atomic mass is 10.0. The van der Waals surface area contributed by atoms with Crippen molar-refractivity contribution in [2.24, 2.45) is 10.9 Å². The Hall–Kier alpha value is -3.48. The van der Waals surface area contributed by atoms with Gasteiger partial charge in [-0.2, -0.15) is 5.10 Å². The maximum absolute atomic E-state index is 12.3. The van der Waals surface area contributed by atoms with Crippen molar-refractivity contribution in [1.82, 2.24) is 5.32 Å². The van der Waals surface area contributed by atoms with Crippen LogP contribution < -0.4 is 11.2 Å². The zero-order valence-corrected chi connectivity index (χ0v) is 14.3. The van der Waals surface area contributed by atoms with Gasteiger partial charge in [0.05, 0.1) is 12.7 Å².